The maximum atomic E-state index is 11.7. The third-order valence-electron chi connectivity index (χ3n) is 2.57. The largest absolute Gasteiger partial charge is 0.472 e. The molecule has 0 bridgehead atoms. The standard InChI is InChI=1S/C14H26NO11P/c1-11(16)23-8-13(26-12(2)17)9-25-27(19,20)24-5-4-15-14(18)10-22-7-6-21-3/h13H,4-10H2,1-3H3,(H,15,18)(H,19,20). The maximum absolute atomic E-state index is 11.7. The summed E-state index contributed by atoms with van der Waals surface area (Å²) in [5.74, 6) is -1.72. The molecule has 0 radical (unpaired) electrons. The molecule has 0 aliphatic heterocycles. The van der Waals surface area contributed by atoms with Gasteiger partial charge < -0.3 is 29.2 Å². The van der Waals surface area contributed by atoms with E-state index in [1.807, 2.05) is 0 Å². The first-order valence-corrected chi connectivity index (χ1v) is 9.41. The van der Waals surface area contributed by atoms with E-state index in [0.29, 0.717) is 6.61 Å². The highest BCUT2D eigenvalue weighted by molar-refractivity contribution is 7.47. The van der Waals surface area contributed by atoms with Crippen LogP contribution in [0.2, 0.25) is 0 Å². The van der Waals surface area contributed by atoms with Crippen LogP contribution >= 0.6 is 7.82 Å². The van der Waals surface area contributed by atoms with Crippen molar-refractivity contribution < 1.29 is 51.8 Å². The van der Waals surface area contributed by atoms with E-state index in [4.69, 9.17) is 18.7 Å². The van der Waals surface area contributed by atoms with Crippen LogP contribution in [-0.2, 0) is 46.9 Å². The van der Waals surface area contributed by atoms with Crippen molar-refractivity contribution in [2.75, 3.05) is 53.3 Å². The third kappa shape index (κ3) is 16.3. The fourth-order valence-electron chi connectivity index (χ4n) is 1.49. The molecule has 0 rings (SSSR count). The van der Waals surface area contributed by atoms with Crippen molar-refractivity contribution in [3.05, 3.63) is 0 Å². The predicted molar refractivity (Wildman–Crippen MR) is 89.6 cm³/mol. The molecule has 1 amide bonds. The van der Waals surface area contributed by atoms with Crippen molar-refractivity contribution in [3.63, 3.8) is 0 Å². The minimum absolute atomic E-state index is 0.0544. The Labute approximate surface area is 157 Å². The number of amides is 1. The van der Waals surface area contributed by atoms with Crippen LogP contribution < -0.4 is 5.32 Å². The first-order valence-electron chi connectivity index (χ1n) is 7.92. The van der Waals surface area contributed by atoms with Gasteiger partial charge in [-0.3, -0.25) is 23.4 Å². The van der Waals surface area contributed by atoms with Gasteiger partial charge >= 0.3 is 19.8 Å². The zero-order valence-corrected chi connectivity index (χ0v) is 16.4. The molecule has 0 aromatic heterocycles. The molecular weight excluding hydrogens is 389 g/mol. The van der Waals surface area contributed by atoms with Crippen molar-refractivity contribution in [1.29, 1.82) is 0 Å². The molecule has 0 aliphatic carbocycles. The summed E-state index contributed by atoms with van der Waals surface area (Å²) >= 11 is 0. The molecule has 2 unspecified atom stereocenters. The van der Waals surface area contributed by atoms with Crippen molar-refractivity contribution in [1.82, 2.24) is 5.32 Å². The predicted octanol–water partition coefficient (Wildman–Crippen LogP) is -0.606. The lowest BCUT2D eigenvalue weighted by Gasteiger charge is -2.18. The van der Waals surface area contributed by atoms with Gasteiger partial charge in [-0.1, -0.05) is 0 Å². The molecule has 2 atom stereocenters. The molecule has 158 valence electrons. The number of phosphoric acid groups is 1. The topological polar surface area (TPSA) is 156 Å². The first-order chi connectivity index (χ1) is 12.7. The number of rotatable bonds is 15. The minimum atomic E-state index is -4.46. The van der Waals surface area contributed by atoms with Gasteiger partial charge in [0.15, 0.2) is 6.10 Å². The van der Waals surface area contributed by atoms with E-state index < -0.39 is 38.4 Å². The Morgan fingerprint density at radius 3 is 2.33 bits per heavy atom. The van der Waals surface area contributed by atoms with Gasteiger partial charge in [0.2, 0.25) is 5.91 Å². The van der Waals surface area contributed by atoms with E-state index in [1.54, 1.807) is 0 Å². The summed E-state index contributed by atoms with van der Waals surface area (Å²) in [5.41, 5.74) is 0. The molecular formula is C14H26NO11P. The van der Waals surface area contributed by atoms with Gasteiger partial charge in [-0.25, -0.2) is 4.57 Å². The first kappa shape index (κ1) is 25.4. The summed E-state index contributed by atoms with van der Waals surface area (Å²) in [4.78, 5) is 42.7. The summed E-state index contributed by atoms with van der Waals surface area (Å²) in [6, 6.07) is 0. The fourth-order valence-corrected chi connectivity index (χ4v) is 2.24. The zero-order chi connectivity index (χ0) is 20.7. The summed E-state index contributed by atoms with van der Waals surface area (Å²) in [6.07, 6.45) is -1.07. The van der Waals surface area contributed by atoms with E-state index in [2.05, 4.69) is 14.6 Å². The van der Waals surface area contributed by atoms with Crippen LogP contribution in [0.15, 0.2) is 0 Å². The van der Waals surface area contributed by atoms with Gasteiger partial charge in [-0.15, -0.1) is 0 Å². The van der Waals surface area contributed by atoms with E-state index in [1.165, 1.54) is 7.11 Å². The van der Waals surface area contributed by atoms with E-state index >= 15 is 0 Å². The quantitative estimate of drug-likeness (QED) is 0.200. The van der Waals surface area contributed by atoms with E-state index in [9.17, 15) is 23.8 Å². The molecule has 0 fully saturated rings. The Kier molecular flexibility index (Phi) is 13.7. The van der Waals surface area contributed by atoms with Crippen molar-refractivity contribution in [2.45, 2.75) is 20.0 Å². The van der Waals surface area contributed by atoms with Crippen LogP contribution in [0.1, 0.15) is 13.8 Å². The highest BCUT2D eigenvalue weighted by Gasteiger charge is 2.25. The van der Waals surface area contributed by atoms with Crippen LogP contribution in [-0.4, -0.2) is 82.1 Å². The molecule has 0 saturated heterocycles. The van der Waals surface area contributed by atoms with Gasteiger partial charge in [0.05, 0.1) is 26.4 Å². The lowest BCUT2D eigenvalue weighted by Crippen LogP contribution is -2.31. The second kappa shape index (κ2) is 14.5. The Morgan fingerprint density at radius 2 is 1.74 bits per heavy atom. The lowest BCUT2D eigenvalue weighted by molar-refractivity contribution is -0.158. The Hall–Kier alpha value is -1.56. The Bertz CT molecular complexity index is 513. The van der Waals surface area contributed by atoms with Crippen LogP contribution in [0.3, 0.4) is 0 Å². The SMILES string of the molecule is COCCOCC(=O)NCCOP(=O)(O)OCC(COC(C)=O)OC(C)=O. The number of nitrogens with one attached hydrogen (secondary N) is 1. The summed E-state index contributed by atoms with van der Waals surface area (Å²) in [5, 5.41) is 2.41. The van der Waals surface area contributed by atoms with Gasteiger partial charge in [0, 0.05) is 27.5 Å². The highest BCUT2D eigenvalue weighted by Crippen LogP contribution is 2.43. The maximum Gasteiger partial charge on any atom is 0.472 e. The number of methoxy groups -OCH3 is 1. The fraction of sp³-hybridized carbons (Fsp3) is 0.786. The van der Waals surface area contributed by atoms with Crippen LogP contribution in [0.25, 0.3) is 0 Å². The number of phosphoric ester groups is 1. The molecule has 27 heavy (non-hydrogen) atoms. The Morgan fingerprint density at radius 1 is 1.04 bits per heavy atom. The number of hydrogen-bond donors (Lipinski definition) is 2. The second-order valence-corrected chi connectivity index (χ2v) is 6.48. The number of carbonyl (C=O) groups is 3. The number of hydrogen-bond acceptors (Lipinski definition) is 10. The average Bonchev–Trinajstić information content (AvgIpc) is 2.57. The summed E-state index contributed by atoms with van der Waals surface area (Å²) < 4.78 is 40.3. The third-order valence-corrected chi connectivity index (χ3v) is 3.56. The number of esters is 2. The van der Waals surface area contributed by atoms with Crippen LogP contribution in [0, 0.1) is 0 Å². The van der Waals surface area contributed by atoms with Gasteiger partial charge in [-0.2, -0.15) is 0 Å². The average molecular weight is 415 g/mol. The van der Waals surface area contributed by atoms with Crippen molar-refractivity contribution in [2.24, 2.45) is 0 Å². The number of carbonyl (C=O) groups excluding carboxylic acids is 3. The molecule has 2 N–H and O–H groups in total. The summed E-state index contributed by atoms with van der Waals surface area (Å²) in [7, 11) is -2.96. The van der Waals surface area contributed by atoms with Crippen molar-refractivity contribution in [3.8, 4) is 0 Å². The zero-order valence-electron chi connectivity index (χ0n) is 15.5. The molecule has 0 aliphatic rings. The van der Waals surface area contributed by atoms with E-state index in [0.717, 1.165) is 13.8 Å². The van der Waals surface area contributed by atoms with Crippen molar-refractivity contribution >= 4 is 25.7 Å². The van der Waals surface area contributed by atoms with Crippen LogP contribution in [0.4, 0.5) is 0 Å². The monoisotopic (exact) mass is 415 g/mol. The molecule has 0 aromatic carbocycles. The molecule has 0 saturated carbocycles. The van der Waals surface area contributed by atoms with Gasteiger partial charge in [0.1, 0.15) is 13.2 Å². The normalized spacial score (nSPS) is 14.1. The highest BCUT2D eigenvalue weighted by atomic mass is 31.2. The molecule has 0 aromatic rings. The number of ether oxygens (including phenoxy) is 4. The Balaban J connectivity index is 4.08. The van der Waals surface area contributed by atoms with E-state index in [-0.39, 0.29) is 33.0 Å². The smallest absolute Gasteiger partial charge is 0.462 e. The second-order valence-electron chi connectivity index (χ2n) is 5.03. The lowest BCUT2D eigenvalue weighted by atomic mass is 10.4. The van der Waals surface area contributed by atoms with Gasteiger partial charge in [0.25, 0.3) is 0 Å². The molecule has 0 spiro atoms. The van der Waals surface area contributed by atoms with Crippen LogP contribution in [0.5, 0.6) is 0 Å². The molecule has 13 heteroatoms. The molecule has 0 heterocycles. The van der Waals surface area contributed by atoms with Gasteiger partial charge in [-0.05, 0) is 0 Å². The molecule has 12 nitrogen and oxygen atoms in total. The minimum Gasteiger partial charge on any atom is -0.462 e. The summed E-state index contributed by atoms with van der Waals surface area (Å²) in [6.45, 7) is 1.48.